The Morgan fingerprint density at radius 3 is 2.74 bits per heavy atom. The van der Waals surface area contributed by atoms with Crippen LogP contribution in [-0.4, -0.2) is 18.1 Å². The van der Waals surface area contributed by atoms with Gasteiger partial charge in [0.15, 0.2) is 0 Å². The molecule has 2 aromatic rings. The van der Waals surface area contributed by atoms with Crippen molar-refractivity contribution in [3.63, 3.8) is 0 Å². The van der Waals surface area contributed by atoms with Gasteiger partial charge in [0, 0.05) is 16.8 Å². The molecule has 2 heterocycles. The van der Waals surface area contributed by atoms with E-state index in [1.807, 2.05) is 18.2 Å². The Morgan fingerprint density at radius 2 is 2.00 bits per heavy atom. The number of aryl methyl sites for hydroxylation is 1. The molecule has 1 aliphatic heterocycles. The van der Waals surface area contributed by atoms with Gasteiger partial charge in [-0.05, 0) is 62.5 Å². The zero-order chi connectivity index (χ0) is 12.5. The number of pyridine rings is 1. The van der Waals surface area contributed by atoms with Crippen LogP contribution in [0.5, 0.6) is 0 Å². The first-order chi connectivity index (χ1) is 8.75. The summed E-state index contributed by atoms with van der Waals surface area (Å²) >= 11 is 0. The SMILES string of the molecule is Cc1nc2cccc(N)c2cc1C1CCNCC1.Cl. The molecule has 1 aliphatic rings. The maximum atomic E-state index is 6.05. The average Bonchev–Trinajstić information content (AvgIpc) is 2.39. The number of fused-ring (bicyclic) bond motifs is 1. The van der Waals surface area contributed by atoms with Gasteiger partial charge in [-0.15, -0.1) is 12.4 Å². The van der Waals surface area contributed by atoms with Crippen LogP contribution in [0.25, 0.3) is 10.9 Å². The summed E-state index contributed by atoms with van der Waals surface area (Å²) in [7, 11) is 0. The van der Waals surface area contributed by atoms with Crippen LogP contribution in [-0.2, 0) is 0 Å². The molecule has 1 aromatic carbocycles. The number of anilines is 1. The van der Waals surface area contributed by atoms with Crippen molar-refractivity contribution in [1.82, 2.24) is 10.3 Å². The van der Waals surface area contributed by atoms with Crippen LogP contribution in [0.2, 0.25) is 0 Å². The quantitative estimate of drug-likeness (QED) is 0.788. The van der Waals surface area contributed by atoms with Crippen LogP contribution in [0.3, 0.4) is 0 Å². The molecule has 0 atom stereocenters. The van der Waals surface area contributed by atoms with E-state index in [9.17, 15) is 0 Å². The van der Waals surface area contributed by atoms with Crippen LogP contribution >= 0.6 is 12.4 Å². The van der Waals surface area contributed by atoms with E-state index in [1.54, 1.807) is 0 Å². The lowest BCUT2D eigenvalue weighted by Crippen LogP contribution is -2.27. The molecular formula is C15H20ClN3. The molecule has 3 N–H and O–H groups in total. The number of hydrogen-bond donors (Lipinski definition) is 2. The Balaban J connectivity index is 0.00000133. The highest BCUT2D eigenvalue weighted by Crippen LogP contribution is 2.31. The zero-order valence-corrected chi connectivity index (χ0v) is 12.0. The summed E-state index contributed by atoms with van der Waals surface area (Å²) in [5, 5.41) is 4.50. The summed E-state index contributed by atoms with van der Waals surface area (Å²) in [5.41, 5.74) is 10.4. The first kappa shape index (κ1) is 14.1. The van der Waals surface area contributed by atoms with E-state index in [0.717, 1.165) is 35.4 Å². The molecule has 4 heteroatoms. The number of nitrogens with two attached hydrogens (primary N) is 1. The fourth-order valence-electron chi connectivity index (χ4n) is 2.88. The van der Waals surface area contributed by atoms with Crippen molar-refractivity contribution >= 4 is 29.0 Å². The molecule has 0 saturated carbocycles. The Labute approximate surface area is 120 Å². The summed E-state index contributed by atoms with van der Waals surface area (Å²) in [4.78, 5) is 4.71. The number of halogens is 1. The molecule has 0 radical (unpaired) electrons. The summed E-state index contributed by atoms with van der Waals surface area (Å²) in [5.74, 6) is 0.628. The smallest absolute Gasteiger partial charge is 0.0726 e. The van der Waals surface area contributed by atoms with Crippen molar-refractivity contribution in [3.05, 3.63) is 35.5 Å². The third-order valence-corrected chi connectivity index (χ3v) is 3.90. The second-order valence-electron chi connectivity index (χ2n) is 5.10. The van der Waals surface area contributed by atoms with E-state index >= 15 is 0 Å². The Morgan fingerprint density at radius 1 is 1.26 bits per heavy atom. The molecule has 0 aliphatic carbocycles. The molecule has 1 aromatic heterocycles. The highest BCUT2D eigenvalue weighted by atomic mass is 35.5. The summed E-state index contributed by atoms with van der Waals surface area (Å²) in [6, 6.07) is 8.20. The van der Waals surface area contributed by atoms with E-state index in [4.69, 9.17) is 10.7 Å². The maximum Gasteiger partial charge on any atom is 0.0726 e. The lowest BCUT2D eigenvalue weighted by atomic mass is 9.88. The Kier molecular flexibility index (Phi) is 4.27. The van der Waals surface area contributed by atoms with Crippen molar-refractivity contribution < 1.29 is 0 Å². The molecule has 0 unspecified atom stereocenters. The lowest BCUT2D eigenvalue weighted by molar-refractivity contribution is 0.458. The van der Waals surface area contributed by atoms with Crippen molar-refractivity contribution in [2.75, 3.05) is 18.8 Å². The minimum absolute atomic E-state index is 0. The summed E-state index contributed by atoms with van der Waals surface area (Å²) in [6.45, 7) is 4.32. The fraction of sp³-hybridized carbons (Fsp3) is 0.400. The van der Waals surface area contributed by atoms with Crippen molar-refractivity contribution in [1.29, 1.82) is 0 Å². The number of nitrogen functional groups attached to an aromatic ring is 1. The lowest BCUT2D eigenvalue weighted by Gasteiger charge is -2.24. The van der Waals surface area contributed by atoms with Crippen LogP contribution in [0.15, 0.2) is 24.3 Å². The van der Waals surface area contributed by atoms with Gasteiger partial charge in [0.25, 0.3) is 0 Å². The normalized spacial score (nSPS) is 16.3. The molecule has 3 nitrogen and oxygen atoms in total. The van der Waals surface area contributed by atoms with Crippen LogP contribution in [0.4, 0.5) is 5.69 Å². The topological polar surface area (TPSA) is 50.9 Å². The summed E-state index contributed by atoms with van der Waals surface area (Å²) in [6.07, 6.45) is 2.39. The van der Waals surface area contributed by atoms with Crippen LogP contribution in [0.1, 0.15) is 30.0 Å². The molecule has 0 bridgehead atoms. The largest absolute Gasteiger partial charge is 0.398 e. The number of piperidine rings is 1. The minimum atomic E-state index is 0. The molecule has 19 heavy (non-hydrogen) atoms. The standard InChI is InChI=1S/C15H19N3.ClH/c1-10-12(11-5-7-17-8-6-11)9-13-14(16)3-2-4-15(13)18-10;/h2-4,9,11,17H,5-8,16H2,1H3;1H. The molecular weight excluding hydrogens is 258 g/mol. The number of rotatable bonds is 1. The number of nitrogens with zero attached hydrogens (tertiary/aromatic N) is 1. The van der Waals surface area contributed by atoms with Gasteiger partial charge < -0.3 is 11.1 Å². The molecule has 1 saturated heterocycles. The average molecular weight is 278 g/mol. The van der Waals surface area contributed by atoms with Gasteiger partial charge in [0.1, 0.15) is 0 Å². The zero-order valence-electron chi connectivity index (χ0n) is 11.1. The minimum Gasteiger partial charge on any atom is -0.398 e. The Bertz CT molecular complexity index is 577. The fourth-order valence-corrected chi connectivity index (χ4v) is 2.88. The highest BCUT2D eigenvalue weighted by Gasteiger charge is 2.18. The number of nitrogens with one attached hydrogen (secondary N) is 1. The van der Waals surface area contributed by atoms with E-state index < -0.39 is 0 Å². The second kappa shape index (κ2) is 5.76. The molecule has 102 valence electrons. The van der Waals surface area contributed by atoms with Gasteiger partial charge in [-0.3, -0.25) is 4.98 Å². The third kappa shape index (κ3) is 2.67. The van der Waals surface area contributed by atoms with Gasteiger partial charge in [-0.25, -0.2) is 0 Å². The van der Waals surface area contributed by atoms with Crippen LogP contribution < -0.4 is 11.1 Å². The predicted octanol–water partition coefficient (Wildman–Crippen LogP) is 3.01. The summed E-state index contributed by atoms with van der Waals surface area (Å²) < 4.78 is 0. The van der Waals surface area contributed by atoms with Gasteiger partial charge in [0.2, 0.25) is 0 Å². The number of benzene rings is 1. The molecule has 1 fully saturated rings. The van der Waals surface area contributed by atoms with Gasteiger partial charge in [-0.2, -0.15) is 0 Å². The molecule has 0 spiro atoms. The van der Waals surface area contributed by atoms with Crippen LogP contribution in [0, 0.1) is 6.92 Å². The van der Waals surface area contributed by atoms with E-state index in [2.05, 4.69) is 18.3 Å². The Hall–Kier alpha value is -1.32. The van der Waals surface area contributed by atoms with Crippen molar-refractivity contribution in [2.45, 2.75) is 25.7 Å². The monoisotopic (exact) mass is 277 g/mol. The van der Waals surface area contributed by atoms with Gasteiger partial charge in [0.05, 0.1) is 5.52 Å². The van der Waals surface area contributed by atoms with Gasteiger partial charge >= 0.3 is 0 Å². The van der Waals surface area contributed by atoms with E-state index in [-0.39, 0.29) is 12.4 Å². The number of hydrogen-bond acceptors (Lipinski definition) is 3. The van der Waals surface area contributed by atoms with Crippen molar-refractivity contribution in [2.24, 2.45) is 0 Å². The third-order valence-electron chi connectivity index (χ3n) is 3.90. The number of aromatic nitrogens is 1. The molecule has 3 rings (SSSR count). The van der Waals surface area contributed by atoms with E-state index in [0.29, 0.717) is 5.92 Å². The molecule has 0 amide bonds. The highest BCUT2D eigenvalue weighted by molar-refractivity contribution is 5.90. The first-order valence-electron chi connectivity index (χ1n) is 6.62. The second-order valence-corrected chi connectivity index (χ2v) is 5.10. The predicted molar refractivity (Wildman–Crippen MR) is 83.0 cm³/mol. The maximum absolute atomic E-state index is 6.05. The van der Waals surface area contributed by atoms with Gasteiger partial charge in [-0.1, -0.05) is 6.07 Å². The van der Waals surface area contributed by atoms with Crippen molar-refractivity contribution in [3.8, 4) is 0 Å². The first-order valence-corrected chi connectivity index (χ1v) is 6.62. The van der Waals surface area contributed by atoms with E-state index in [1.165, 1.54) is 18.4 Å².